The molecule has 27 heavy (non-hydrogen) atoms. The highest BCUT2D eigenvalue weighted by molar-refractivity contribution is 14.0. The van der Waals surface area contributed by atoms with Crippen LogP contribution in [0, 0.1) is 5.41 Å². The molecule has 1 unspecified atom stereocenters. The van der Waals surface area contributed by atoms with Crippen LogP contribution in [-0.4, -0.2) is 42.0 Å². The van der Waals surface area contributed by atoms with Gasteiger partial charge in [0.15, 0.2) is 5.96 Å². The molecule has 1 heterocycles. The van der Waals surface area contributed by atoms with Crippen LogP contribution in [0.25, 0.3) is 5.69 Å². The molecule has 2 N–H and O–H groups in total. The van der Waals surface area contributed by atoms with Gasteiger partial charge in [-0.25, -0.2) is 9.67 Å². The smallest absolute Gasteiger partial charge is 0.191 e. The predicted octanol–water partition coefficient (Wildman–Crippen LogP) is 3.61. The van der Waals surface area contributed by atoms with Crippen molar-refractivity contribution in [2.45, 2.75) is 40.3 Å². The molecule has 1 atom stereocenters. The normalized spacial score (nSPS) is 13.0. The van der Waals surface area contributed by atoms with Gasteiger partial charge in [-0.15, -0.1) is 24.0 Å². The van der Waals surface area contributed by atoms with Crippen molar-refractivity contribution in [2.75, 3.05) is 20.2 Å². The number of ether oxygens (including phenoxy) is 1. The summed E-state index contributed by atoms with van der Waals surface area (Å²) in [6.45, 7) is 10.6. The van der Waals surface area contributed by atoms with Crippen LogP contribution in [0.3, 0.4) is 0 Å². The van der Waals surface area contributed by atoms with Gasteiger partial charge in [0.1, 0.15) is 0 Å². The molecule has 150 valence electrons. The monoisotopic (exact) mass is 485 g/mol. The maximum atomic E-state index is 5.60. The minimum atomic E-state index is 0. The SMILES string of the molecule is CCNC(=NCc1ccn(-c2ccccc2)n1)NCC(OC)C(C)(C)C.I. The van der Waals surface area contributed by atoms with Crippen molar-refractivity contribution in [1.82, 2.24) is 20.4 Å². The van der Waals surface area contributed by atoms with Crippen LogP contribution in [-0.2, 0) is 11.3 Å². The van der Waals surface area contributed by atoms with Crippen molar-refractivity contribution in [3.63, 3.8) is 0 Å². The number of benzene rings is 1. The first-order valence-electron chi connectivity index (χ1n) is 9.09. The average Bonchev–Trinajstić information content (AvgIpc) is 3.08. The van der Waals surface area contributed by atoms with E-state index in [1.165, 1.54) is 0 Å². The fraction of sp³-hybridized carbons (Fsp3) is 0.500. The van der Waals surface area contributed by atoms with Gasteiger partial charge in [-0.05, 0) is 30.5 Å². The summed E-state index contributed by atoms with van der Waals surface area (Å²) in [5.74, 6) is 0.771. The highest BCUT2D eigenvalue weighted by atomic mass is 127. The highest BCUT2D eigenvalue weighted by Gasteiger charge is 2.24. The molecule has 0 aliphatic carbocycles. The summed E-state index contributed by atoms with van der Waals surface area (Å²) in [6.07, 6.45) is 2.06. The van der Waals surface area contributed by atoms with Crippen LogP contribution >= 0.6 is 24.0 Å². The van der Waals surface area contributed by atoms with Crippen molar-refractivity contribution < 1.29 is 4.74 Å². The molecule has 0 fully saturated rings. The van der Waals surface area contributed by atoms with E-state index in [4.69, 9.17) is 4.74 Å². The molecule has 0 aliphatic heterocycles. The van der Waals surface area contributed by atoms with E-state index in [0.717, 1.165) is 23.9 Å². The third kappa shape index (κ3) is 7.50. The minimum Gasteiger partial charge on any atom is -0.379 e. The third-order valence-electron chi connectivity index (χ3n) is 4.11. The second kappa shape index (κ2) is 11.3. The lowest BCUT2D eigenvalue weighted by atomic mass is 9.89. The topological polar surface area (TPSA) is 63.5 Å². The number of hydrogen-bond donors (Lipinski definition) is 2. The number of nitrogens with one attached hydrogen (secondary N) is 2. The number of halogens is 1. The zero-order valence-electron chi connectivity index (χ0n) is 16.9. The van der Waals surface area contributed by atoms with Crippen molar-refractivity contribution >= 4 is 29.9 Å². The Morgan fingerprint density at radius 3 is 2.48 bits per heavy atom. The van der Waals surface area contributed by atoms with Gasteiger partial charge in [-0.1, -0.05) is 39.0 Å². The Balaban J connectivity index is 0.00000364. The van der Waals surface area contributed by atoms with E-state index in [1.807, 2.05) is 47.3 Å². The molecular formula is C20H32IN5O. The number of nitrogens with zero attached hydrogens (tertiary/aromatic N) is 3. The molecule has 6 nitrogen and oxygen atoms in total. The molecule has 2 rings (SSSR count). The molecule has 0 bridgehead atoms. The second-order valence-corrected chi connectivity index (χ2v) is 7.25. The van der Waals surface area contributed by atoms with Gasteiger partial charge in [0.2, 0.25) is 0 Å². The van der Waals surface area contributed by atoms with Crippen molar-refractivity contribution in [2.24, 2.45) is 10.4 Å². The zero-order valence-corrected chi connectivity index (χ0v) is 19.2. The maximum absolute atomic E-state index is 5.60. The number of aromatic nitrogens is 2. The Kier molecular flexibility index (Phi) is 9.79. The third-order valence-corrected chi connectivity index (χ3v) is 4.11. The van der Waals surface area contributed by atoms with Crippen LogP contribution in [0.2, 0.25) is 0 Å². The quantitative estimate of drug-likeness (QED) is 0.358. The van der Waals surface area contributed by atoms with Gasteiger partial charge in [0.25, 0.3) is 0 Å². The second-order valence-electron chi connectivity index (χ2n) is 7.25. The molecular weight excluding hydrogens is 453 g/mol. The van der Waals surface area contributed by atoms with Crippen molar-refractivity contribution in [3.05, 3.63) is 48.3 Å². The van der Waals surface area contributed by atoms with Crippen molar-refractivity contribution in [1.29, 1.82) is 0 Å². The van der Waals surface area contributed by atoms with Gasteiger partial charge in [-0.2, -0.15) is 5.10 Å². The van der Waals surface area contributed by atoms with Crippen LogP contribution in [0.4, 0.5) is 0 Å². The molecule has 0 radical (unpaired) electrons. The molecule has 0 spiro atoms. The van der Waals surface area contributed by atoms with E-state index in [-0.39, 0.29) is 35.5 Å². The Morgan fingerprint density at radius 1 is 1.19 bits per heavy atom. The molecule has 7 heteroatoms. The Bertz CT molecular complexity index is 694. The average molecular weight is 485 g/mol. The Labute approximate surface area is 179 Å². The fourth-order valence-electron chi connectivity index (χ4n) is 2.60. The lowest BCUT2D eigenvalue weighted by Crippen LogP contribution is -2.45. The summed E-state index contributed by atoms with van der Waals surface area (Å²) >= 11 is 0. The van der Waals surface area contributed by atoms with E-state index >= 15 is 0 Å². The standard InChI is InChI=1S/C20H31N5O.HI/c1-6-21-19(23-15-18(26-5)20(2,3)4)22-14-16-12-13-25(24-16)17-10-8-7-9-11-17;/h7-13,18H,6,14-15H2,1-5H3,(H2,21,22,23);1H. The predicted molar refractivity (Wildman–Crippen MR) is 122 cm³/mol. The number of hydrogen-bond acceptors (Lipinski definition) is 3. The summed E-state index contributed by atoms with van der Waals surface area (Å²) in [7, 11) is 1.75. The first-order valence-corrected chi connectivity index (χ1v) is 9.09. The van der Waals surface area contributed by atoms with Gasteiger partial charge < -0.3 is 15.4 Å². The summed E-state index contributed by atoms with van der Waals surface area (Å²) in [6, 6.07) is 12.1. The minimum absolute atomic E-state index is 0. The van der Waals surface area contributed by atoms with E-state index in [9.17, 15) is 0 Å². The largest absolute Gasteiger partial charge is 0.379 e. The lowest BCUT2D eigenvalue weighted by molar-refractivity contribution is 0.0205. The molecule has 1 aromatic heterocycles. The lowest BCUT2D eigenvalue weighted by Gasteiger charge is -2.30. The van der Waals surface area contributed by atoms with E-state index < -0.39 is 0 Å². The number of rotatable bonds is 7. The van der Waals surface area contributed by atoms with Crippen LogP contribution in [0.5, 0.6) is 0 Å². The molecule has 2 aromatic rings. The van der Waals surface area contributed by atoms with Crippen LogP contribution in [0.1, 0.15) is 33.4 Å². The van der Waals surface area contributed by atoms with E-state index in [0.29, 0.717) is 13.1 Å². The number of guanidine groups is 1. The number of aliphatic imine (C=N–C) groups is 1. The Hall–Kier alpha value is -1.61. The van der Waals surface area contributed by atoms with Crippen LogP contribution in [0.15, 0.2) is 47.6 Å². The van der Waals surface area contributed by atoms with Crippen molar-refractivity contribution in [3.8, 4) is 5.69 Å². The first-order chi connectivity index (χ1) is 12.4. The van der Waals surface area contributed by atoms with Gasteiger partial charge in [0, 0.05) is 26.4 Å². The van der Waals surface area contributed by atoms with E-state index in [1.54, 1.807) is 7.11 Å². The molecule has 0 saturated carbocycles. The molecule has 0 saturated heterocycles. The summed E-state index contributed by atoms with van der Waals surface area (Å²) < 4.78 is 7.46. The van der Waals surface area contributed by atoms with Gasteiger partial charge >= 0.3 is 0 Å². The molecule has 0 amide bonds. The van der Waals surface area contributed by atoms with Gasteiger partial charge in [-0.3, -0.25) is 0 Å². The highest BCUT2D eigenvalue weighted by Crippen LogP contribution is 2.20. The molecule has 1 aromatic carbocycles. The summed E-state index contributed by atoms with van der Waals surface area (Å²) in [5, 5.41) is 11.2. The Morgan fingerprint density at radius 2 is 1.89 bits per heavy atom. The summed E-state index contributed by atoms with van der Waals surface area (Å²) in [4.78, 5) is 4.64. The van der Waals surface area contributed by atoms with Crippen LogP contribution < -0.4 is 10.6 Å². The zero-order chi connectivity index (χ0) is 19.0. The number of para-hydroxylation sites is 1. The van der Waals surface area contributed by atoms with Gasteiger partial charge in [0.05, 0.1) is 24.0 Å². The fourth-order valence-corrected chi connectivity index (χ4v) is 2.60. The van der Waals surface area contributed by atoms with E-state index in [2.05, 4.69) is 48.4 Å². The molecule has 0 aliphatic rings. The first kappa shape index (κ1) is 23.4. The number of methoxy groups -OCH3 is 1. The maximum Gasteiger partial charge on any atom is 0.191 e. The summed E-state index contributed by atoms with van der Waals surface area (Å²) in [5.41, 5.74) is 2.03.